The van der Waals surface area contributed by atoms with Crippen LogP contribution < -0.4 is 0 Å². The lowest BCUT2D eigenvalue weighted by molar-refractivity contribution is -0.122. The lowest BCUT2D eigenvalue weighted by atomic mass is 9.99. The lowest BCUT2D eigenvalue weighted by Gasteiger charge is -2.09. The fraction of sp³-hybridized carbons (Fsp3) is 0.947. The van der Waals surface area contributed by atoms with Crippen LogP contribution in [0.25, 0.3) is 0 Å². The van der Waals surface area contributed by atoms with Crippen LogP contribution >= 0.6 is 0 Å². The predicted octanol–water partition coefficient (Wildman–Crippen LogP) is 4.65. The van der Waals surface area contributed by atoms with Crippen LogP contribution in [0, 0.1) is 5.92 Å². The normalized spacial score (nSPS) is 19.9. The van der Waals surface area contributed by atoms with Crippen molar-refractivity contribution >= 4 is 5.78 Å². The highest BCUT2D eigenvalue weighted by atomic mass is 16.6. The lowest BCUT2D eigenvalue weighted by Crippen LogP contribution is -2.17. The molecule has 1 saturated heterocycles. The van der Waals surface area contributed by atoms with Crippen molar-refractivity contribution in [2.24, 2.45) is 5.92 Å². The van der Waals surface area contributed by atoms with E-state index in [1.54, 1.807) is 0 Å². The highest BCUT2D eigenvalue weighted by Crippen LogP contribution is 2.17. The maximum atomic E-state index is 11.5. The topological polar surface area (TPSA) is 49.8 Å². The number of ether oxygens (including phenoxy) is 1. The predicted molar refractivity (Wildman–Crippen MR) is 91.0 cm³/mol. The monoisotopic (exact) mass is 312 g/mol. The Kier molecular flexibility index (Phi) is 10.8. The number of aliphatic hydroxyl groups excluding tert-OH is 1. The van der Waals surface area contributed by atoms with Crippen molar-refractivity contribution < 1.29 is 14.6 Å². The fourth-order valence-corrected chi connectivity index (χ4v) is 2.84. The average Bonchev–Trinajstić information content (AvgIpc) is 3.33. The molecule has 0 aromatic carbocycles. The number of carbonyl (C=O) groups is 1. The summed E-state index contributed by atoms with van der Waals surface area (Å²) in [6.45, 7) is 5.18. The van der Waals surface area contributed by atoms with Gasteiger partial charge in [0.1, 0.15) is 6.10 Å². The average molecular weight is 312 g/mol. The standard InChI is InChI=1S/C19H36O3/c1-3-16(2)12-10-8-6-4-5-7-9-11-13-17(20)14-18(21)19-15-22-19/h16-17,19-20H,3-15H2,1-2H3. The second-order valence-corrected chi connectivity index (χ2v) is 7.07. The van der Waals surface area contributed by atoms with Crippen LogP contribution in [-0.2, 0) is 9.53 Å². The number of rotatable bonds is 15. The molecule has 0 spiro atoms. The Bertz CT molecular complexity index is 286. The molecule has 130 valence electrons. The van der Waals surface area contributed by atoms with Gasteiger partial charge in [0.25, 0.3) is 0 Å². The van der Waals surface area contributed by atoms with Gasteiger partial charge in [-0.15, -0.1) is 0 Å². The van der Waals surface area contributed by atoms with Crippen molar-refractivity contribution in [2.45, 2.75) is 103 Å². The second kappa shape index (κ2) is 12.1. The van der Waals surface area contributed by atoms with Gasteiger partial charge in [-0.1, -0.05) is 78.1 Å². The third-order valence-electron chi connectivity index (χ3n) is 4.81. The van der Waals surface area contributed by atoms with Crippen LogP contribution in [0.3, 0.4) is 0 Å². The zero-order valence-electron chi connectivity index (χ0n) is 14.7. The Morgan fingerprint density at radius 1 is 1.05 bits per heavy atom. The highest BCUT2D eigenvalue weighted by Gasteiger charge is 2.31. The highest BCUT2D eigenvalue weighted by molar-refractivity contribution is 5.85. The SMILES string of the molecule is CCC(C)CCCCCCCCCCC(O)CC(=O)C1CO1. The minimum absolute atomic E-state index is 0.0740. The Hall–Kier alpha value is -0.410. The quantitative estimate of drug-likeness (QED) is 0.353. The van der Waals surface area contributed by atoms with Gasteiger partial charge in [-0.25, -0.2) is 0 Å². The van der Waals surface area contributed by atoms with Crippen LogP contribution in [0.5, 0.6) is 0 Å². The maximum absolute atomic E-state index is 11.5. The summed E-state index contributed by atoms with van der Waals surface area (Å²) >= 11 is 0. The summed E-state index contributed by atoms with van der Waals surface area (Å²) in [5.41, 5.74) is 0. The molecule has 3 nitrogen and oxygen atoms in total. The molecule has 0 radical (unpaired) electrons. The van der Waals surface area contributed by atoms with Crippen LogP contribution in [0.4, 0.5) is 0 Å². The smallest absolute Gasteiger partial charge is 0.166 e. The van der Waals surface area contributed by atoms with Crippen LogP contribution in [0.15, 0.2) is 0 Å². The number of aliphatic hydroxyl groups is 1. The summed E-state index contributed by atoms with van der Waals surface area (Å²) in [6.07, 6.45) is 13.4. The van der Waals surface area contributed by atoms with Crippen molar-refractivity contribution in [3.63, 3.8) is 0 Å². The van der Waals surface area contributed by atoms with E-state index in [0.29, 0.717) is 6.61 Å². The Balaban J connectivity index is 1.78. The molecule has 1 rings (SSSR count). The van der Waals surface area contributed by atoms with Gasteiger partial charge in [0.2, 0.25) is 0 Å². The molecule has 3 unspecified atom stereocenters. The van der Waals surface area contributed by atoms with Crippen molar-refractivity contribution in [3.8, 4) is 0 Å². The molecule has 1 N–H and O–H groups in total. The molecule has 1 fully saturated rings. The van der Waals surface area contributed by atoms with Crippen LogP contribution in [0.1, 0.15) is 90.9 Å². The maximum Gasteiger partial charge on any atom is 0.166 e. The molecule has 0 aromatic heterocycles. The number of Topliss-reactive ketones (excluding diaryl/α,β-unsaturated/α-hetero) is 1. The van der Waals surface area contributed by atoms with E-state index in [4.69, 9.17) is 4.74 Å². The molecule has 0 bridgehead atoms. The molecule has 3 atom stereocenters. The van der Waals surface area contributed by atoms with Crippen molar-refractivity contribution in [2.75, 3.05) is 6.61 Å². The van der Waals surface area contributed by atoms with E-state index in [1.165, 1.54) is 57.8 Å². The van der Waals surface area contributed by atoms with Gasteiger partial charge in [-0.2, -0.15) is 0 Å². The summed E-state index contributed by atoms with van der Waals surface area (Å²) < 4.78 is 4.93. The molecule has 1 heterocycles. The number of epoxide rings is 1. The Morgan fingerprint density at radius 3 is 2.05 bits per heavy atom. The molecular weight excluding hydrogens is 276 g/mol. The van der Waals surface area contributed by atoms with E-state index in [2.05, 4.69) is 13.8 Å². The zero-order chi connectivity index (χ0) is 16.2. The van der Waals surface area contributed by atoms with E-state index < -0.39 is 6.10 Å². The Labute approximate surface area is 136 Å². The molecule has 0 saturated carbocycles. The zero-order valence-corrected chi connectivity index (χ0v) is 14.7. The summed E-state index contributed by atoms with van der Waals surface area (Å²) in [6, 6.07) is 0. The molecule has 1 aliphatic rings. The van der Waals surface area contributed by atoms with Gasteiger partial charge in [0.15, 0.2) is 5.78 Å². The molecule has 3 heteroatoms. The van der Waals surface area contributed by atoms with Gasteiger partial charge >= 0.3 is 0 Å². The van der Waals surface area contributed by atoms with Gasteiger partial charge in [-0.3, -0.25) is 4.79 Å². The molecular formula is C19H36O3. The minimum Gasteiger partial charge on any atom is -0.393 e. The second-order valence-electron chi connectivity index (χ2n) is 7.07. The van der Waals surface area contributed by atoms with Gasteiger partial charge in [0, 0.05) is 6.42 Å². The van der Waals surface area contributed by atoms with E-state index in [-0.39, 0.29) is 18.3 Å². The van der Waals surface area contributed by atoms with Gasteiger partial charge in [-0.05, 0) is 12.3 Å². The first kappa shape index (κ1) is 19.6. The summed E-state index contributed by atoms with van der Waals surface area (Å²) in [4.78, 5) is 11.5. The summed E-state index contributed by atoms with van der Waals surface area (Å²) in [5, 5.41) is 9.78. The van der Waals surface area contributed by atoms with Crippen molar-refractivity contribution in [1.29, 1.82) is 0 Å². The van der Waals surface area contributed by atoms with E-state index in [9.17, 15) is 9.90 Å². The van der Waals surface area contributed by atoms with Crippen LogP contribution in [0.2, 0.25) is 0 Å². The van der Waals surface area contributed by atoms with E-state index >= 15 is 0 Å². The molecule has 1 aliphatic heterocycles. The third-order valence-corrected chi connectivity index (χ3v) is 4.81. The van der Waals surface area contributed by atoms with Gasteiger partial charge < -0.3 is 9.84 Å². The first-order valence-corrected chi connectivity index (χ1v) is 9.45. The number of hydrogen-bond donors (Lipinski definition) is 1. The van der Waals surface area contributed by atoms with Crippen molar-refractivity contribution in [1.82, 2.24) is 0 Å². The number of hydrogen-bond acceptors (Lipinski definition) is 3. The first-order chi connectivity index (χ1) is 10.6. The Morgan fingerprint density at radius 2 is 1.55 bits per heavy atom. The largest absolute Gasteiger partial charge is 0.393 e. The summed E-state index contributed by atoms with van der Waals surface area (Å²) in [7, 11) is 0. The van der Waals surface area contributed by atoms with E-state index in [1.807, 2.05) is 0 Å². The number of unbranched alkanes of at least 4 members (excludes halogenated alkanes) is 7. The number of carbonyl (C=O) groups excluding carboxylic acids is 1. The molecule has 0 aromatic rings. The fourth-order valence-electron chi connectivity index (χ4n) is 2.84. The molecule has 22 heavy (non-hydrogen) atoms. The van der Waals surface area contributed by atoms with Crippen molar-refractivity contribution in [3.05, 3.63) is 0 Å². The number of ketones is 1. The van der Waals surface area contributed by atoms with Gasteiger partial charge in [0.05, 0.1) is 12.7 Å². The van der Waals surface area contributed by atoms with E-state index in [0.717, 1.165) is 18.8 Å². The molecule has 0 amide bonds. The van der Waals surface area contributed by atoms with Crippen LogP contribution in [-0.4, -0.2) is 29.7 Å². The minimum atomic E-state index is -0.461. The third kappa shape index (κ3) is 10.3. The first-order valence-electron chi connectivity index (χ1n) is 9.45. The summed E-state index contributed by atoms with van der Waals surface area (Å²) in [5.74, 6) is 0.967. The molecule has 0 aliphatic carbocycles.